The first-order valence-electron chi connectivity index (χ1n) is 6.78. The maximum Gasteiger partial charge on any atom is 0.429 e. The van der Waals surface area contributed by atoms with Crippen molar-refractivity contribution in [2.45, 2.75) is 50.0 Å². The van der Waals surface area contributed by atoms with Crippen LogP contribution in [-0.2, 0) is 24.3 Å². The predicted octanol–water partition coefficient (Wildman–Crippen LogP) is 1.64. The summed E-state index contributed by atoms with van der Waals surface area (Å²) < 4.78 is 110. The first kappa shape index (κ1) is 24.1. The number of alkyl halides is 6. The van der Waals surface area contributed by atoms with E-state index in [1.807, 2.05) is 0 Å². The first-order chi connectivity index (χ1) is 11.5. The molecule has 0 radical (unpaired) electrons. The fourth-order valence-electron chi connectivity index (χ4n) is 1.49. The van der Waals surface area contributed by atoms with Crippen molar-refractivity contribution in [1.29, 1.82) is 0 Å². The van der Waals surface area contributed by atoms with Gasteiger partial charge in [-0.3, -0.25) is 4.79 Å². The van der Waals surface area contributed by atoms with Crippen molar-refractivity contribution in [2.24, 2.45) is 0 Å². The fraction of sp³-hybridized carbons (Fsp3) is 0.750. The summed E-state index contributed by atoms with van der Waals surface area (Å²) in [5, 5.41) is -6.41. The SMILES string of the molecule is C#[N+]C(C(=O)OC(C)C)C(=O)C(F)(F)C(F)(F)C(F)(F)S(=O)(=O)NCC. The van der Waals surface area contributed by atoms with E-state index in [9.17, 15) is 44.3 Å². The molecule has 0 amide bonds. The van der Waals surface area contributed by atoms with Gasteiger partial charge in [-0.25, -0.2) is 17.9 Å². The number of hydrogen-bond acceptors (Lipinski definition) is 5. The number of ether oxygens (including phenoxy) is 1. The van der Waals surface area contributed by atoms with Gasteiger partial charge in [0.1, 0.15) is 0 Å². The number of hydrogen-bond donors (Lipinski definition) is 1. The summed E-state index contributed by atoms with van der Waals surface area (Å²) in [5.41, 5.74) is 0. The highest BCUT2D eigenvalue weighted by Crippen LogP contribution is 2.49. The Morgan fingerprint density at radius 2 is 1.62 bits per heavy atom. The van der Waals surface area contributed by atoms with Gasteiger partial charge in [0.05, 0.1) is 6.10 Å². The van der Waals surface area contributed by atoms with Gasteiger partial charge in [0.25, 0.3) is 16.6 Å². The molecule has 0 rings (SSSR count). The van der Waals surface area contributed by atoms with E-state index in [1.165, 1.54) is 13.8 Å². The number of sulfonamides is 1. The maximum absolute atomic E-state index is 13.8. The summed E-state index contributed by atoms with van der Waals surface area (Å²) in [6, 6.07) is -3.07. The third kappa shape index (κ3) is 4.09. The lowest BCUT2D eigenvalue weighted by atomic mass is 10.0. The minimum atomic E-state index is -6.74. The van der Waals surface area contributed by atoms with Gasteiger partial charge in [0.2, 0.25) is 0 Å². The Hall–Kier alpha value is -1.88. The van der Waals surface area contributed by atoms with Crippen molar-refractivity contribution in [2.75, 3.05) is 6.54 Å². The second-order valence-electron chi connectivity index (χ2n) is 5.07. The number of halogens is 6. The van der Waals surface area contributed by atoms with Gasteiger partial charge in [-0.05, 0) is 13.8 Å². The van der Waals surface area contributed by atoms with Crippen LogP contribution in [0.25, 0.3) is 4.85 Å². The second kappa shape index (κ2) is 7.78. The van der Waals surface area contributed by atoms with Crippen molar-refractivity contribution in [3.8, 4) is 6.57 Å². The van der Waals surface area contributed by atoms with Gasteiger partial charge >= 0.3 is 34.9 Å². The minimum Gasteiger partial charge on any atom is -0.457 e. The van der Waals surface area contributed by atoms with E-state index in [0.29, 0.717) is 0 Å². The van der Waals surface area contributed by atoms with E-state index in [1.54, 1.807) is 0 Å². The Kier molecular flexibility index (Phi) is 7.22. The molecule has 1 unspecified atom stereocenters. The standard InChI is InChI=1S/C12H15F6N2O5S/c1-5-20-26(23,24)12(17,18)11(15,16)10(13,14)8(21)7(19-4)9(22)25-6(2)3/h4,6-7,20H,5H2,1-3H3/q+1. The van der Waals surface area contributed by atoms with Crippen LogP contribution >= 0.6 is 0 Å². The summed E-state index contributed by atoms with van der Waals surface area (Å²) >= 11 is 0. The lowest BCUT2D eigenvalue weighted by molar-refractivity contribution is -0.268. The van der Waals surface area contributed by atoms with E-state index in [-0.39, 0.29) is 0 Å². The van der Waals surface area contributed by atoms with Crippen LogP contribution in [0.15, 0.2) is 0 Å². The molecule has 0 bridgehead atoms. The van der Waals surface area contributed by atoms with Crippen molar-refractivity contribution >= 4 is 21.8 Å². The Labute approximate surface area is 144 Å². The van der Waals surface area contributed by atoms with E-state index >= 15 is 0 Å². The molecule has 0 aliphatic rings. The summed E-state index contributed by atoms with van der Waals surface area (Å²) in [4.78, 5) is 25.3. The molecule has 0 fully saturated rings. The average molecular weight is 413 g/mol. The molecule has 0 aromatic rings. The number of nitrogens with one attached hydrogen (secondary N) is 1. The number of carbonyl (C=O) groups excluding carboxylic acids is 2. The topological polar surface area (TPSA) is 93.9 Å². The molecule has 1 atom stereocenters. The summed E-state index contributed by atoms with van der Waals surface area (Å²) in [6.07, 6.45) is -1.01. The summed E-state index contributed by atoms with van der Waals surface area (Å²) in [5.74, 6) is -18.1. The van der Waals surface area contributed by atoms with Gasteiger partial charge in [-0.15, -0.1) is 0 Å². The average Bonchev–Trinajstić information content (AvgIpc) is 2.46. The van der Waals surface area contributed by atoms with Crippen molar-refractivity contribution in [3.63, 3.8) is 0 Å². The first-order valence-corrected chi connectivity index (χ1v) is 8.27. The summed E-state index contributed by atoms with van der Waals surface area (Å²) in [6.45, 7) is 7.02. The van der Waals surface area contributed by atoms with Crippen molar-refractivity contribution in [1.82, 2.24) is 4.72 Å². The number of carbonyl (C=O) groups is 2. The van der Waals surface area contributed by atoms with E-state index in [0.717, 1.165) is 11.6 Å². The molecule has 1 N–H and O–H groups in total. The molecular weight excluding hydrogens is 398 g/mol. The van der Waals surface area contributed by atoms with Crippen LogP contribution in [0.5, 0.6) is 0 Å². The Morgan fingerprint density at radius 1 is 1.15 bits per heavy atom. The molecule has 7 nitrogen and oxygen atoms in total. The van der Waals surface area contributed by atoms with E-state index in [2.05, 4.69) is 16.2 Å². The van der Waals surface area contributed by atoms with E-state index in [4.69, 9.17) is 0 Å². The molecule has 0 aromatic carbocycles. The van der Waals surface area contributed by atoms with Crippen LogP contribution in [0, 0.1) is 6.57 Å². The molecule has 0 aromatic heterocycles. The lowest BCUT2D eigenvalue weighted by Crippen LogP contribution is -2.64. The molecule has 0 aliphatic heterocycles. The molecule has 14 heteroatoms. The number of Topliss-reactive ketones (excluding diaryl/α,β-unsaturated/α-hetero) is 1. The maximum atomic E-state index is 13.8. The highest BCUT2D eigenvalue weighted by Gasteiger charge is 2.81. The zero-order valence-electron chi connectivity index (χ0n) is 13.6. The normalized spacial score (nSPS) is 14.7. The fourth-order valence-corrected chi connectivity index (χ4v) is 2.52. The van der Waals surface area contributed by atoms with Gasteiger partial charge in [-0.1, -0.05) is 11.8 Å². The molecule has 150 valence electrons. The third-order valence-corrected chi connectivity index (χ3v) is 4.31. The Bertz CT molecular complexity index is 701. The van der Waals surface area contributed by atoms with Crippen LogP contribution in [0.1, 0.15) is 20.8 Å². The Balaban J connectivity index is 6.08. The van der Waals surface area contributed by atoms with Gasteiger partial charge in [0.15, 0.2) is 0 Å². The van der Waals surface area contributed by atoms with Gasteiger partial charge in [0, 0.05) is 6.54 Å². The molecule has 0 saturated heterocycles. The quantitative estimate of drug-likeness (QED) is 0.352. The van der Waals surface area contributed by atoms with E-state index < -0.39 is 57.6 Å². The van der Waals surface area contributed by atoms with Crippen LogP contribution in [0.3, 0.4) is 0 Å². The minimum absolute atomic E-state index is 0.824. The second-order valence-corrected chi connectivity index (χ2v) is 6.88. The van der Waals surface area contributed by atoms with Crippen molar-refractivity contribution in [3.05, 3.63) is 4.85 Å². The largest absolute Gasteiger partial charge is 0.457 e. The smallest absolute Gasteiger partial charge is 0.429 e. The summed E-state index contributed by atoms with van der Waals surface area (Å²) in [7, 11) is -6.30. The molecule has 0 heterocycles. The van der Waals surface area contributed by atoms with Crippen LogP contribution in [0.2, 0.25) is 0 Å². The molecule has 0 spiro atoms. The number of nitrogens with zero attached hydrogens (tertiary/aromatic N) is 1. The molecular formula is C12H15F6N2O5S+. The Morgan fingerprint density at radius 3 is 1.96 bits per heavy atom. The molecule has 0 aliphatic carbocycles. The molecule has 26 heavy (non-hydrogen) atoms. The van der Waals surface area contributed by atoms with Crippen LogP contribution < -0.4 is 4.72 Å². The third-order valence-electron chi connectivity index (χ3n) is 2.71. The number of esters is 1. The number of ketones is 1. The lowest BCUT2D eigenvalue weighted by Gasteiger charge is -2.30. The zero-order valence-corrected chi connectivity index (χ0v) is 14.4. The zero-order chi connectivity index (χ0) is 21.1. The van der Waals surface area contributed by atoms with Gasteiger partial charge in [-0.2, -0.15) is 26.3 Å². The van der Waals surface area contributed by atoms with Gasteiger partial charge < -0.3 is 4.74 Å². The van der Waals surface area contributed by atoms with Crippen LogP contribution in [-0.4, -0.2) is 56.0 Å². The predicted molar refractivity (Wildman–Crippen MR) is 75.8 cm³/mol. The number of rotatable bonds is 9. The highest BCUT2D eigenvalue weighted by atomic mass is 32.2. The monoisotopic (exact) mass is 413 g/mol. The van der Waals surface area contributed by atoms with Crippen LogP contribution in [0.4, 0.5) is 26.3 Å². The highest BCUT2D eigenvalue weighted by molar-refractivity contribution is 7.90. The molecule has 0 saturated carbocycles. The van der Waals surface area contributed by atoms with Crippen molar-refractivity contribution < 1.29 is 49.1 Å².